The number of nitrogens with zero attached hydrogens (tertiary/aromatic N) is 2. The highest BCUT2D eigenvalue weighted by atomic mass is 35.5. The monoisotopic (exact) mass is 451 g/mol. The van der Waals surface area contributed by atoms with Gasteiger partial charge in [-0.1, -0.05) is 23.7 Å². The average Bonchev–Trinajstić information content (AvgIpc) is 2.69. The first-order valence-electron chi connectivity index (χ1n) is 8.83. The van der Waals surface area contributed by atoms with E-state index < -0.39 is 21.5 Å². The first-order chi connectivity index (χ1) is 14.1. The highest BCUT2D eigenvalue weighted by Gasteiger charge is 2.21. The maximum atomic E-state index is 13.9. The van der Waals surface area contributed by atoms with Crippen molar-refractivity contribution in [1.29, 1.82) is 0 Å². The van der Waals surface area contributed by atoms with Gasteiger partial charge >= 0.3 is 15.7 Å². The molecule has 3 rings (SSSR count). The van der Waals surface area contributed by atoms with Gasteiger partial charge in [-0.05, 0) is 42.8 Å². The van der Waals surface area contributed by atoms with Crippen LogP contribution in [0.15, 0.2) is 47.3 Å². The molecule has 0 fully saturated rings. The molecule has 1 heterocycles. The first kappa shape index (κ1) is 21.9. The van der Waals surface area contributed by atoms with Crippen molar-refractivity contribution in [2.75, 3.05) is 6.26 Å². The Morgan fingerprint density at radius 1 is 1.20 bits per heavy atom. The van der Waals surface area contributed by atoms with Crippen molar-refractivity contribution >= 4 is 21.7 Å². The number of halogens is 2. The van der Waals surface area contributed by atoms with Crippen LogP contribution < -0.4 is 15.5 Å². The van der Waals surface area contributed by atoms with Crippen molar-refractivity contribution < 1.29 is 17.0 Å². The maximum absolute atomic E-state index is 13.9. The average molecular weight is 452 g/mol. The van der Waals surface area contributed by atoms with Crippen molar-refractivity contribution in [3.63, 3.8) is 0 Å². The minimum atomic E-state index is -3.97. The molecule has 158 valence electrons. The van der Waals surface area contributed by atoms with Crippen LogP contribution in [0.2, 0.25) is 5.02 Å². The molecular weight excluding hydrogens is 433 g/mol. The third kappa shape index (κ3) is 4.86. The molecule has 2 aromatic carbocycles. The number of hydrogen-bond donors (Lipinski definition) is 1. The van der Waals surface area contributed by atoms with Crippen LogP contribution in [0.4, 0.5) is 4.39 Å². The number of rotatable bonds is 6. The fourth-order valence-electron chi connectivity index (χ4n) is 2.90. The van der Waals surface area contributed by atoms with E-state index >= 15 is 0 Å². The molecule has 0 aliphatic heterocycles. The molecule has 30 heavy (non-hydrogen) atoms. The lowest BCUT2D eigenvalue weighted by atomic mass is 10.0. The first-order valence-corrected chi connectivity index (χ1v) is 11.0. The van der Waals surface area contributed by atoms with Gasteiger partial charge in [0.05, 0.1) is 18.5 Å². The molecule has 0 saturated carbocycles. The standard InChI is InChI=1S/C20H19ClFN3O4S/c1-12-18(14-5-8-17(22)15(9-14)10-23)24-25(11-13-3-6-16(21)7-4-13)20(26)19(12)29-30(2,27)28/h3-9H,10-11,23H2,1-2H3. The van der Waals surface area contributed by atoms with E-state index in [1.807, 2.05) is 0 Å². The second-order valence-corrected chi connectivity index (χ2v) is 8.70. The predicted octanol–water partition coefficient (Wildman–Crippen LogP) is 2.86. The molecule has 0 bridgehead atoms. The molecule has 0 saturated heterocycles. The van der Waals surface area contributed by atoms with Gasteiger partial charge in [-0.25, -0.2) is 9.07 Å². The van der Waals surface area contributed by atoms with Crippen LogP contribution in [0, 0.1) is 12.7 Å². The highest BCUT2D eigenvalue weighted by Crippen LogP contribution is 2.28. The molecule has 0 radical (unpaired) electrons. The van der Waals surface area contributed by atoms with Crippen LogP contribution in [0.3, 0.4) is 0 Å². The third-order valence-electron chi connectivity index (χ3n) is 4.36. The lowest BCUT2D eigenvalue weighted by Crippen LogP contribution is -2.28. The van der Waals surface area contributed by atoms with E-state index in [2.05, 4.69) is 5.10 Å². The van der Waals surface area contributed by atoms with E-state index in [1.54, 1.807) is 24.3 Å². The molecule has 2 N–H and O–H groups in total. The third-order valence-corrected chi connectivity index (χ3v) is 5.09. The summed E-state index contributed by atoms with van der Waals surface area (Å²) in [7, 11) is -3.97. The van der Waals surface area contributed by atoms with E-state index in [-0.39, 0.29) is 35.7 Å². The van der Waals surface area contributed by atoms with Gasteiger partial charge in [0.2, 0.25) is 5.75 Å². The van der Waals surface area contributed by atoms with Crippen molar-refractivity contribution in [2.24, 2.45) is 5.73 Å². The minimum Gasteiger partial charge on any atom is -0.376 e. The molecule has 0 spiro atoms. The van der Waals surface area contributed by atoms with Crippen LogP contribution in [0.1, 0.15) is 16.7 Å². The van der Waals surface area contributed by atoms with Crippen LogP contribution in [-0.4, -0.2) is 24.5 Å². The largest absolute Gasteiger partial charge is 0.376 e. The van der Waals surface area contributed by atoms with Crippen molar-refractivity contribution in [1.82, 2.24) is 9.78 Å². The smallest absolute Gasteiger partial charge is 0.311 e. The Kier molecular flexibility index (Phi) is 6.25. The molecule has 7 nitrogen and oxygen atoms in total. The van der Waals surface area contributed by atoms with Gasteiger partial charge in [0.1, 0.15) is 5.82 Å². The molecule has 0 aliphatic rings. The fourth-order valence-corrected chi connectivity index (χ4v) is 3.52. The van der Waals surface area contributed by atoms with Crippen molar-refractivity contribution in [3.05, 3.63) is 80.3 Å². The van der Waals surface area contributed by atoms with E-state index in [0.29, 0.717) is 10.6 Å². The lowest BCUT2D eigenvalue weighted by molar-refractivity contribution is 0.477. The Hall–Kier alpha value is -2.75. The normalized spacial score (nSPS) is 11.5. The Morgan fingerprint density at radius 2 is 1.87 bits per heavy atom. The topological polar surface area (TPSA) is 104 Å². The molecule has 1 aromatic heterocycles. The van der Waals surface area contributed by atoms with Crippen LogP contribution >= 0.6 is 11.6 Å². The van der Waals surface area contributed by atoms with Gasteiger partial charge in [0.25, 0.3) is 0 Å². The summed E-state index contributed by atoms with van der Waals surface area (Å²) < 4.78 is 43.4. The fraction of sp³-hybridized carbons (Fsp3) is 0.200. The van der Waals surface area contributed by atoms with Gasteiger partial charge in [0, 0.05) is 28.3 Å². The Labute approximate surface area is 178 Å². The lowest BCUT2D eigenvalue weighted by Gasteiger charge is -2.15. The second-order valence-electron chi connectivity index (χ2n) is 6.69. The number of benzene rings is 2. The Morgan fingerprint density at radius 3 is 2.47 bits per heavy atom. The predicted molar refractivity (Wildman–Crippen MR) is 113 cm³/mol. The van der Waals surface area contributed by atoms with Crippen molar-refractivity contribution in [3.8, 4) is 17.0 Å². The van der Waals surface area contributed by atoms with Gasteiger partial charge in [-0.15, -0.1) is 0 Å². The van der Waals surface area contributed by atoms with Crippen molar-refractivity contribution in [2.45, 2.75) is 20.0 Å². The van der Waals surface area contributed by atoms with Crippen LogP contribution in [0.5, 0.6) is 5.75 Å². The highest BCUT2D eigenvalue weighted by molar-refractivity contribution is 7.86. The molecule has 0 amide bonds. The number of nitrogens with two attached hydrogens (primary N) is 1. The van der Waals surface area contributed by atoms with E-state index in [1.165, 1.54) is 25.1 Å². The second kappa shape index (κ2) is 8.55. The molecule has 0 aliphatic carbocycles. The van der Waals surface area contributed by atoms with Gasteiger partial charge in [-0.3, -0.25) is 4.79 Å². The summed E-state index contributed by atoms with van der Waals surface area (Å²) in [4.78, 5) is 12.9. The summed E-state index contributed by atoms with van der Waals surface area (Å²) in [6.45, 7) is 1.53. The van der Waals surface area contributed by atoms with E-state index in [4.69, 9.17) is 21.5 Å². The molecule has 10 heteroatoms. The van der Waals surface area contributed by atoms with E-state index in [0.717, 1.165) is 16.5 Å². The Bertz CT molecular complexity index is 1260. The molecule has 3 aromatic rings. The summed E-state index contributed by atoms with van der Waals surface area (Å²) in [6, 6.07) is 11.0. The summed E-state index contributed by atoms with van der Waals surface area (Å²) in [5.74, 6) is -0.837. The summed E-state index contributed by atoms with van der Waals surface area (Å²) in [5, 5.41) is 4.92. The SMILES string of the molecule is Cc1c(-c2ccc(F)c(CN)c2)nn(Cc2ccc(Cl)cc2)c(=O)c1OS(C)(=O)=O. The molecule has 0 unspecified atom stereocenters. The zero-order chi connectivity index (χ0) is 22.1. The molecular formula is C20H19ClFN3O4S. The van der Waals surface area contributed by atoms with E-state index in [9.17, 15) is 17.6 Å². The van der Waals surface area contributed by atoms with Crippen LogP contribution in [-0.2, 0) is 23.2 Å². The molecule has 0 atom stereocenters. The van der Waals surface area contributed by atoms with Gasteiger partial charge in [-0.2, -0.15) is 13.5 Å². The summed E-state index contributed by atoms with van der Waals surface area (Å²) >= 11 is 5.90. The van der Waals surface area contributed by atoms with Gasteiger partial charge in [0.15, 0.2) is 0 Å². The Balaban J connectivity index is 2.22. The minimum absolute atomic E-state index is 0.0319. The number of aromatic nitrogens is 2. The summed E-state index contributed by atoms with van der Waals surface area (Å²) in [6.07, 6.45) is 0.847. The number of hydrogen-bond acceptors (Lipinski definition) is 6. The summed E-state index contributed by atoms with van der Waals surface area (Å²) in [5.41, 5.74) is 6.81. The zero-order valence-electron chi connectivity index (χ0n) is 16.2. The quantitative estimate of drug-likeness (QED) is 0.578. The van der Waals surface area contributed by atoms with Crippen LogP contribution in [0.25, 0.3) is 11.3 Å². The van der Waals surface area contributed by atoms with Gasteiger partial charge < -0.3 is 9.92 Å². The zero-order valence-corrected chi connectivity index (χ0v) is 17.8. The maximum Gasteiger partial charge on any atom is 0.311 e.